The first-order valence-corrected chi connectivity index (χ1v) is 4.38. The second-order valence-electron chi connectivity index (χ2n) is 2.60. The number of alkyl halides is 1. The van der Waals surface area contributed by atoms with E-state index in [9.17, 15) is 4.39 Å². The summed E-state index contributed by atoms with van der Waals surface area (Å²) in [5.41, 5.74) is 0. The molecule has 0 spiro atoms. The van der Waals surface area contributed by atoms with Crippen LogP contribution in [0.3, 0.4) is 0 Å². The van der Waals surface area contributed by atoms with Gasteiger partial charge in [-0.05, 0) is 12.1 Å². The van der Waals surface area contributed by atoms with Crippen LogP contribution in [0.15, 0.2) is 30.3 Å². The molecule has 0 atom stereocenters. The fourth-order valence-electron chi connectivity index (χ4n) is 0.950. The Kier molecular flexibility index (Phi) is 4.94. The molecular formula is C10H14FNO. The van der Waals surface area contributed by atoms with E-state index in [-0.39, 0.29) is 6.67 Å². The van der Waals surface area contributed by atoms with Crippen LogP contribution < -0.4 is 10.1 Å². The van der Waals surface area contributed by atoms with Gasteiger partial charge in [0.15, 0.2) is 0 Å². The van der Waals surface area contributed by atoms with Crippen LogP contribution in [0.1, 0.15) is 0 Å². The largest absolute Gasteiger partial charge is 0.492 e. The Morgan fingerprint density at radius 2 is 1.92 bits per heavy atom. The first-order valence-electron chi connectivity index (χ1n) is 4.38. The molecule has 1 aromatic rings. The normalized spacial score (nSPS) is 9.92. The topological polar surface area (TPSA) is 21.3 Å². The average molecular weight is 183 g/mol. The van der Waals surface area contributed by atoms with E-state index >= 15 is 0 Å². The number of benzene rings is 1. The molecule has 0 unspecified atom stereocenters. The fourth-order valence-corrected chi connectivity index (χ4v) is 0.950. The summed E-state index contributed by atoms with van der Waals surface area (Å²) in [5.74, 6) is 0.851. The van der Waals surface area contributed by atoms with Crippen LogP contribution in [0, 0.1) is 0 Å². The number of hydrogen-bond acceptors (Lipinski definition) is 2. The molecule has 0 bridgehead atoms. The van der Waals surface area contributed by atoms with Crippen LogP contribution >= 0.6 is 0 Å². The summed E-state index contributed by atoms with van der Waals surface area (Å²) in [6.45, 7) is 1.33. The van der Waals surface area contributed by atoms with Crippen LogP contribution in [-0.2, 0) is 0 Å². The molecule has 0 heterocycles. The predicted molar refractivity (Wildman–Crippen MR) is 50.8 cm³/mol. The van der Waals surface area contributed by atoms with E-state index in [2.05, 4.69) is 5.32 Å². The van der Waals surface area contributed by atoms with E-state index in [4.69, 9.17) is 4.74 Å². The molecule has 72 valence electrons. The van der Waals surface area contributed by atoms with E-state index in [1.165, 1.54) is 0 Å². The van der Waals surface area contributed by atoms with Gasteiger partial charge in [0, 0.05) is 13.1 Å². The van der Waals surface area contributed by atoms with E-state index in [1.54, 1.807) is 0 Å². The van der Waals surface area contributed by atoms with Gasteiger partial charge in [0.1, 0.15) is 19.0 Å². The molecule has 0 amide bonds. The van der Waals surface area contributed by atoms with E-state index in [1.807, 2.05) is 30.3 Å². The highest BCUT2D eigenvalue weighted by atomic mass is 19.1. The van der Waals surface area contributed by atoms with Gasteiger partial charge >= 0.3 is 0 Å². The quantitative estimate of drug-likeness (QED) is 0.677. The van der Waals surface area contributed by atoms with Crippen molar-refractivity contribution in [3.8, 4) is 5.75 Å². The van der Waals surface area contributed by atoms with Gasteiger partial charge in [-0.15, -0.1) is 0 Å². The number of para-hydroxylation sites is 1. The summed E-state index contributed by atoms with van der Waals surface area (Å²) in [4.78, 5) is 0. The third-order valence-electron chi connectivity index (χ3n) is 1.56. The highest BCUT2D eigenvalue weighted by molar-refractivity contribution is 5.20. The smallest absolute Gasteiger partial charge is 0.119 e. The Balaban J connectivity index is 2.07. The number of hydrogen-bond donors (Lipinski definition) is 1. The van der Waals surface area contributed by atoms with Crippen LogP contribution in [0.5, 0.6) is 5.75 Å². The van der Waals surface area contributed by atoms with Crippen molar-refractivity contribution >= 4 is 0 Å². The first kappa shape index (κ1) is 9.99. The third kappa shape index (κ3) is 4.48. The molecule has 1 N–H and O–H groups in total. The highest BCUT2D eigenvalue weighted by Crippen LogP contribution is 2.07. The second-order valence-corrected chi connectivity index (χ2v) is 2.60. The summed E-state index contributed by atoms with van der Waals surface area (Å²) in [7, 11) is 0. The van der Waals surface area contributed by atoms with Gasteiger partial charge in [0.25, 0.3) is 0 Å². The van der Waals surface area contributed by atoms with Crippen LogP contribution in [-0.4, -0.2) is 26.4 Å². The molecule has 0 aromatic heterocycles. The van der Waals surface area contributed by atoms with Crippen molar-refractivity contribution in [1.82, 2.24) is 5.32 Å². The van der Waals surface area contributed by atoms with Gasteiger partial charge in [-0.3, -0.25) is 0 Å². The third-order valence-corrected chi connectivity index (χ3v) is 1.56. The van der Waals surface area contributed by atoms with Crippen LogP contribution in [0.4, 0.5) is 4.39 Å². The van der Waals surface area contributed by atoms with Crippen molar-refractivity contribution in [3.05, 3.63) is 30.3 Å². The zero-order valence-electron chi connectivity index (χ0n) is 7.50. The minimum absolute atomic E-state index is 0.328. The van der Waals surface area contributed by atoms with Gasteiger partial charge in [-0.25, -0.2) is 4.39 Å². The Morgan fingerprint density at radius 1 is 1.15 bits per heavy atom. The Labute approximate surface area is 77.7 Å². The monoisotopic (exact) mass is 183 g/mol. The maximum Gasteiger partial charge on any atom is 0.119 e. The summed E-state index contributed by atoms with van der Waals surface area (Å²) >= 11 is 0. The summed E-state index contributed by atoms with van der Waals surface area (Å²) < 4.78 is 17.0. The van der Waals surface area contributed by atoms with Gasteiger partial charge in [0.05, 0.1) is 0 Å². The number of rotatable bonds is 6. The number of ether oxygens (including phenoxy) is 1. The lowest BCUT2D eigenvalue weighted by atomic mass is 10.3. The zero-order chi connectivity index (χ0) is 9.36. The molecule has 0 saturated heterocycles. The van der Waals surface area contributed by atoms with Gasteiger partial charge in [-0.2, -0.15) is 0 Å². The highest BCUT2D eigenvalue weighted by Gasteiger charge is 1.90. The van der Waals surface area contributed by atoms with Gasteiger partial charge in [0.2, 0.25) is 0 Å². The first-order chi connectivity index (χ1) is 6.43. The van der Waals surface area contributed by atoms with Crippen molar-refractivity contribution in [2.75, 3.05) is 26.4 Å². The molecule has 0 aliphatic rings. The van der Waals surface area contributed by atoms with E-state index in [0.29, 0.717) is 19.7 Å². The van der Waals surface area contributed by atoms with Crippen molar-refractivity contribution in [2.45, 2.75) is 0 Å². The van der Waals surface area contributed by atoms with Gasteiger partial charge in [-0.1, -0.05) is 18.2 Å². The molecular weight excluding hydrogens is 169 g/mol. The molecule has 1 rings (SSSR count). The maximum atomic E-state index is 11.6. The molecule has 0 radical (unpaired) electrons. The van der Waals surface area contributed by atoms with Crippen LogP contribution in [0.25, 0.3) is 0 Å². The summed E-state index contributed by atoms with van der Waals surface area (Å²) in [6.07, 6.45) is 0. The fraction of sp³-hybridized carbons (Fsp3) is 0.400. The van der Waals surface area contributed by atoms with Crippen molar-refractivity contribution in [2.24, 2.45) is 0 Å². The minimum Gasteiger partial charge on any atom is -0.492 e. The van der Waals surface area contributed by atoms with E-state index in [0.717, 1.165) is 5.75 Å². The Morgan fingerprint density at radius 3 is 2.62 bits per heavy atom. The van der Waals surface area contributed by atoms with Crippen LogP contribution in [0.2, 0.25) is 0 Å². The Hall–Kier alpha value is -1.09. The van der Waals surface area contributed by atoms with Crippen molar-refractivity contribution < 1.29 is 9.13 Å². The molecule has 2 nitrogen and oxygen atoms in total. The molecule has 0 aliphatic heterocycles. The van der Waals surface area contributed by atoms with Crippen molar-refractivity contribution in [1.29, 1.82) is 0 Å². The van der Waals surface area contributed by atoms with E-state index < -0.39 is 0 Å². The lowest BCUT2D eigenvalue weighted by molar-refractivity contribution is 0.311. The molecule has 3 heteroatoms. The summed E-state index contributed by atoms with van der Waals surface area (Å²) in [6, 6.07) is 9.58. The predicted octanol–water partition coefficient (Wildman–Crippen LogP) is 1.62. The Bertz CT molecular complexity index is 215. The lowest BCUT2D eigenvalue weighted by Crippen LogP contribution is -2.22. The molecule has 0 aliphatic carbocycles. The second kappa shape index (κ2) is 6.43. The van der Waals surface area contributed by atoms with Crippen molar-refractivity contribution in [3.63, 3.8) is 0 Å². The van der Waals surface area contributed by atoms with Gasteiger partial charge < -0.3 is 10.1 Å². The maximum absolute atomic E-state index is 11.6. The molecule has 0 saturated carbocycles. The standard InChI is InChI=1S/C10H14FNO/c11-6-7-12-8-9-13-10-4-2-1-3-5-10/h1-5,12H,6-9H2. The average Bonchev–Trinajstić information content (AvgIpc) is 2.19. The lowest BCUT2D eigenvalue weighted by Gasteiger charge is -2.05. The number of nitrogens with one attached hydrogen (secondary N) is 1. The zero-order valence-corrected chi connectivity index (χ0v) is 7.50. The molecule has 0 fully saturated rings. The number of halogens is 1. The summed E-state index contributed by atoms with van der Waals surface area (Å²) in [5, 5.41) is 2.91. The molecule has 13 heavy (non-hydrogen) atoms. The minimum atomic E-state index is -0.328. The molecule has 1 aromatic carbocycles. The SMILES string of the molecule is FCCNCCOc1ccccc1.